The molecule has 1 unspecified atom stereocenters. The molecule has 0 bridgehead atoms. The Morgan fingerprint density at radius 3 is 1.70 bits per heavy atom. The SMILES string of the molecule is C=C(CCC)CCC(C)CCCCC.CC.CCCC. The fourth-order valence-electron chi connectivity index (χ4n) is 1.82. The quantitative estimate of drug-likeness (QED) is 0.280. The molecule has 0 aromatic heterocycles. The fraction of sp³-hybridized carbons (Fsp3) is 0.900. The van der Waals surface area contributed by atoms with Crippen LogP contribution in [0.5, 0.6) is 0 Å². The van der Waals surface area contributed by atoms with E-state index in [0.717, 1.165) is 5.92 Å². The van der Waals surface area contributed by atoms with Crippen LogP contribution in [0.1, 0.15) is 113 Å². The third-order valence-electron chi connectivity index (χ3n) is 3.39. The van der Waals surface area contributed by atoms with Crippen molar-refractivity contribution in [3.63, 3.8) is 0 Å². The van der Waals surface area contributed by atoms with E-state index in [9.17, 15) is 0 Å². The summed E-state index contributed by atoms with van der Waals surface area (Å²) in [5, 5.41) is 0. The molecule has 0 heterocycles. The summed E-state index contributed by atoms with van der Waals surface area (Å²) < 4.78 is 0. The van der Waals surface area contributed by atoms with Crippen molar-refractivity contribution in [2.75, 3.05) is 0 Å². The molecule has 0 aliphatic rings. The van der Waals surface area contributed by atoms with Gasteiger partial charge < -0.3 is 0 Å². The van der Waals surface area contributed by atoms with Gasteiger partial charge in [-0.05, 0) is 25.2 Å². The lowest BCUT2D eigenvalue weighted by atomic mass is 9.95. The summed E-state index contributed by atoms with van der Waals surface area (Å²) in [6.45, 7) is 19.4. The second-order valence-corrected chi connectivity index (χ2v) is 5.64. The summed E-state index contributed by atoms with van der Waals surface area (Å²) in [6, 6.07) is 0. The summed E-state index contributed by atoms with van der Waals surface area (Å²) >= 11 is 0. The zero-order chi connectivity index (χ0) is 16.2. The molecule has 0 nitrogen and oxygen atoms in total. The van der Waals surface area contributed by atoms with Crippen LogP contribution in [0.3, 0.4) is 0 Å². The minimum Gasteiger partial charge on any atom is -0.0999 e. The number of rotatable bonds is 10. The lowest BCUT2D eigenvalue weighted by molar-refractivity contribution is 0.461. The molecule has 20 heavy (non-hydrogen) atoms. The zero-order valence-electron chi connectivity index (χ0n) is 15.9. The van der Waals surface area contributed by atoms with Crippen molar-refractivity contribution >= 4 is 0 Å². The van der Waals surface area contributed by atoms with Crippen LogP contribution in [0.4, 0.5) is 0 Å². The molecule has 1 atom stereocenters. The van der Waals surface area contributed by atoms with Gasteiger partial charge >= 0.3 is 0 Å². The van der Waals surface area contributed by atoms with Gasteiger partial charge in [-0.3, -0.25) is 0 Å². The van der Waals surface area contributed by atoms with E-state index in [0.29, 0.717) is 0 Å². The number of hydrogen-bond donors (Lipinski definition) is 0. The van der Waals surface area contributed by atoms with Gasteiger partial charge in [-0.15, -0.1) is 0 Å². The Labute approximate surface area is 131 Å². The Hall–Kier alpha value is -0.260. The van der Waals surface area contributed by atoms with E-state index in [1.54, 1.807) is 0 Å². The van der Waals surface area contributed by atoms with Crippen LogP contribution >= 0.6 is 0 Å². The van der Waals surface area contributed by atoms with Crippen molar-refractivity contribution in [2.45, 2.75) is 113 Å². The Kier molecular flexibility index (Phi) is 29.4. The van der Waals surface area contributed by atoms with Crippen LogP contribution in [-0.4, -0.2) is 0 Å². The topological polar surface area (TPSA) is 0 Å². The highest BCUT2D eigenvalue weighted by molar-refractivity contribution is 4.93. The van der Waals surface area contributed by atoms with E-state index < -0.39 is 0 Å². The van der Waals surface area contributed by atoms with Crippen molar-refractivity contribution in [3.8, 4) is 0 Å². The van der Waals surface area contributed by atoms with Gasteiger partial charge in [-0.1, -0.05) is 106 Å². The van der Waals surface area contributed by atoms with Gasteiger partial charge in [0, 0.05) is 0 Å². The molecule has 0 heteroatoms. The normalized spacial score (nSPS) is 10.8. The molecule has 0 radical (unpaired) electrons. The first-order valence-corrected chi connectivity index (χ1v) is 9.28. The largest absolute Gasteiger partial charge is 0.0999 e. The third-order valence-corrected chi connectivity index (χ3v) is 3.39. The summed E-state index contributed by atoms with van der Waals surface area (Å²) in [7, 11) is 0. The summed E-state index contributed by atoms with van der Waals surface area (Å²) in [5.41, 5.74) is 1.45. The molecule has 0 saturated carbocycles. The molecule has 0 N–H and O–H groups in total. The summed E-state index contributed by atoms with van der Waals surface area (Å²) in [6.07, 6.45) is 13.3. The highest BCUT2D eigenvalue weighted by Crippen LogP contribution is 2.19. The molecule has 0 aromatic rings. The van der Waals surface area contributed by atoms with Crippen molar-refractivity contribution in [1.82, 2.24) is 0 Å². The van der Waals surface area contributed by atoms with E-state index in [1.165, 1.54) is 69.8 Å². The van der Waals surface area contributed by atoms with Crippen LogP contribution < -0.4 is 0 Å². The number of allylic oxidation sites excluding steroid dienone is 1. The second kappa shape index (κ2) is 23.8. The highest BCUT2D eigenvalue weighted by Gasteiger charge is 2.02. The Bertz CT molecular complexity index is 155. The Morgan fingerprint density at radius 2 is 1.30 bits per heavy atom. The molecule has 0 rings (SSSR count). The van der Waals surface area contributed by atoms with Crippen LogP contribution in [0.15, 0.2) is 12.2 Å². The number of hydrogen-bond acceptors (Lipinski definition) is 0. The molecule has 0 amide bonds. The number of unbranched alkanes of at least 4 members (excludes halogenated alkanes) is 3. The van der Waals surface area contributed by atoms with Gasteiger partial charge in [0.05, 0.1) is 0 Å². The molecular weight excluding hydrogens is 240 g/mol. The predicted molar refractivity (Wildman–Crippen MR) is 98.5 cm³/mol. The first kappa shape index (κ1) is 24.7. The highest BCUT2D eigenvalue weighted by atomic mass is 14.1. The minimum atomic E-state index is 0.898. The van der Waals surface area contributed by atoms with Crippen LogP contribution in [0.25, 0.3) is 0 Å². The maximum absolute atomic E-state index is 4.11. The first-order chi connectivity index (χ1) is 9.62. The maximum Gasteiger partial charge on any atom is -0.0320 e. The molecule has 0 spiro atoms. The second-order valence-electron chi connectivity index (χ2n) is 5.64. The Balaban J connectivity index is -0.000000410. The average Bonchev–Trinajstić information content (AvgIpc) is 2.48. The first-order valence-electron chi connectivity index (χ1n) is 9.28. The monoisotopic (exact) mass is 284 g/mol. The molecule has 0 aliphatic carbocycles. The lowest BCUT2D eigenvalue weighted by Gasteiger charge is -2.11. The van der Waals surface area contributed by atoms with Gasteiger partial charge in [0.2, 0.25) is 0 Å². The maximum atomic E-state index is 4.11. The molecule has 124 valence electrons. The standard InChI is InChI=1S/C14H28.C4H10.C2H6/c1-5-7-8-10-14(4)12-11-13(3)9-6-2;1-3-4-2;1-2/h14H,3,5-12H2,1-2,4H3;3-4H2,1-2H3;1-2H3. The van der Waals surface area contributed by atoms with Crippen LogP contribution in [-0.2, 0) is 0 Å². The van der Waals surface area contributed by atoms with E-state index in [1.807, 2.05) is 13.8 Å². The molecule has 0 saturated heterocycles. The summed E-state index contributed by atoms with van der Waals surface area (Å²) in [4.78, 5) is 0. The van der Waals surface area contributed by atoms with E-state index in [-0.39, 0.29) is 0 Å². The van der Waals surface area contributed by atoms with Crippen molar-refractivity contribution in [3.05, 3.63) is 12.2 Å². The van der Waals surface area contributed by atoms with E-state index in [2.05, 4.69) is 41.2 Å². The van der Waals surface area contributed by atoms with Crippen molar-refractivity contribution < 1.29 is 0 Å². The van der Waals surface area contributed by atoms with Gasteiger partial charge in [-0.2, -0.15) is 0 Å². The molecule has 0 fully saturated rings. The molecule has 0 aliphatic heterocycles. The fourth-order valence-corrected chi connectivity index (χ4v) is 1.82. The van der Waals surface area contributed by atoms with E-state index >= 15 is 0 Å². The smallest absolute Gasteiger partial charge is 0.0320 e. The zero-order valence-corrected chi connectivity index (χ0v) is 15.9. The Morgan fingerprint density at radius 1 is 0.750 bits per heavy atom. The summed E-state index contributed by atoms with van der Waals surface area (Å²) in [5.74, 6) is 0.898. The van der Waals surface area contributed by atoms with Crippen molar-refractivity contribution in [1.29, 1.82) is 0 Å². The lowest BCUT2D eigenvalue weighted by Crippen LogP contribution is -1.95. The molecule has 0 aromatic carbocycles. The van der Waals surface area contributed by atoms with Gasteiger partial charge in [0.1, 0.15) is 0 Å². The van der Waals surface area contributed by atoms with Gasteiger partial charge in [0.15, 0.2) is 0 Å². The van der Waals surface area contributed by atoms with Gasteiger partial charge in [-0.25, -0.2) is 0 Å². The van der Waals surface area contributed by atoms with E-state index in [4.69, 9.17) is 0 Å². The van der Waals surface area contributed by atoms with Gasteiger partial charge in [0.25, 0.3) is 0 Å². The minimum absolute atomic E-state index is 0.898. The average molecular weight is 285 g/mol. The predicted octanol–water partition coefficient (Wildman–Crippen LogP) is 8.17. The third kappa shape index (κ3) is 26.3. The van der Waals surface area contributed by atoms with Crippen molar-refractivity contribution in [2.24, 2.45) is 5.92 Å². The van der Waals surface area contributed by atoms with Crippen LogP contribution in [0, 0.1) is 5.92 Å². The molecular formula is C20H44. The van der Waals surface area contributed by atoms with Crippen LogP contribution in [0.2, 0.25) is 0 Å².